The zero-order valence-corrected chi connectivity index (χ0v) is 14.0. The molecule has 0 bridgehead atoms. The van der Waals surface area contributed by atoms with Crippen molar-refractivity contribution >= 4 is 23.3 Å². The molecule has 126 valence electrons. The van der Waals surface area contributed by atoms with Gasteiger partial charge in [0.15, 0.2) is 5.60 Å². The first kappa shape index (κ1) is 17.1. The number of amides is 1. The summed E-state index contributed by atoms with van der Waals surface area (Å²) >= 11 is 0. The predicted molar refractivity (Wildman–Crippen MR) is 88.5 cm³/mol. The van der Waals surface area contributed by atoms with Gasteiger partial charge in [-0.15, -0.1) is 0 Å². The Bertz CT molecular complexity index is 623. The maximum absolute atomic E-state index is 13.1. The van der Waals surface area contributed by atoms with E-state index in [1.165, 1.54) is 4.90 Å². The maximum atomic E-state index is 13.1. The lowest BCUT2D eigenvalue weighted by Crippen LogP contribution is -2.61. The summed E-state index contributed by atoms with van der Waals surface area (Å²) in [6.07, 6.45) is 0.912. The zero-order valence-electron chi connectivity index (χ0n) is 14.0. The van der Waals surface area contributed by atoms with Crippen molar-refractivity contribution in [2.75, 3.05) is 10.6 Å². The number of aliphatic carboxylic acids is 1. The van der Waals surface area contributed by atoms with Crippen LogP contribution >= 0.6 is 0 Å². The molecule has 6 heteroatoms. The van der Waals surface area contributed by atoms with E-state index in [0.717, 1.165) is 0 Å². The lowest BCUT2D eigenvalue weighted by Gasteiger charge is -2.44. The number of carbonyl (C=O) groups excluding carboxylic acids is 1. The monoisotopic (exact) mass is 320 g/mol. The predicted octanol–water partition coefficient (Wildman–Crippen LogP) is 2.66. The number of nitrogen functional groups attached to an aromatic ring is 1. The first-order valence-electron chi connectivity index (χ1n) is 7.92. The number of hydrogen-bond acceptors (Lipinski definition) is 4. The Kier molecular flexibility index (Phi) is 4.54. The molecule has 1 unspecified atom stereocenters. The van der Waals surface area contributed by atoms with Crippen molar-refractivity contribution in [2.24, 2.45) is 5.92 Å². The normalized spacial score (nSPS) is 17.6. The number of benzene rings is 1. The Hall–Kier alpha value is -2.24. The SMILES string of the molecule is CCC1(CC)Oc2cc(N)ccc2N(C(C(=O)O)C(C)C)C1=O. The minimum absolute atomic E-state index is 0.244. The molecule has 3 N–H and O–H groups in total. The van der Waals surface area contributed by atoms with E-state index in [1.807, 2.05) is 13.8 Å². The molecule has 1 amide bonds. The van der Waals surface area contributed by atoms with E-state index in [1.54, 1.807) is 32.0 Å². The van der Waals surface area contributed by atoms with Crippen LogP contribution in [0.15, 0.2) is 18.2 Å². The van der Waals surface area contributed by atoms with E-state index in [0.29, 0.717) is 30.0 Å². The Labute approximate surface area is 136 Å². The minimum Gasteiger partial charge on any atom is -0.480 e. The Balaban J connectivity index is 2.67. The molecular formula is C17H24N2O4. The van der Waals surface area contributed by atoms with Crippen LogP contribution in [-0.4, -0.2) is 28.6 Å². The molecule has 1 aliphatic heterocycles. The number of carboxylic acids is 1. The highest BCUT2D eigenvalue weighted by Crippen LogP contribution is 2.43. The summed E-state index contributed by atoms with van der Waals surface area (Å²) in [7, 11) is 0. The minimum atomic E-state index is -1.05. The first-order chi connectivity index (χ1) is 10.8. The van der Waals surface area contributed by atoms with Crippen molar-refractivity contribution < 1.29 is 19.4 Å². The summed E-state index contributed by atoms with van der Waals surface area (Å²) in [4.78, 5) is 26.3. The van der Waals surface area contributed by atoms with Crippen LogP contribution in [-0.2, 0) is 9.59 Å². The van der Waals surface area contributed by atoms with Gasteiger partial charge in [-0.3, -0.25) is 9.69 Å². The highest BCUT2D eigenvalue weighted by atomic mass is 16.5. The fourth-order valence-electron chi connectivity index (χ4n) is 3.06. The van der Waals surface area contributed by atoms with Gasteiger partial charge in [-0.2, -0.15) is 0 Å². The zero-order chi connectivity index (χ0) is 17.4. The van der Waals surface area contributed by atoms with E-state index in [-0.39, 0.29) is 11.8 Å². The van der Waals surface area contributed by atoms with E-state index in [9.17, 15) is 14.7 Å². The van der Waals surface area contributed by atoms with Crippen LogP contribution in [0.3, 0.4) is 0 Å². The van der Waals surface area contributed by atoms with Gasteiger partial charge in [0.1, 0.15) is 11.8 Å². The Morgan fingerprint density at radius 3 is 2.43 bits per heavy atom. The molecule has 0 saturated carbocycles. The molecule has 1 heterocycles. The molecule has 1 aromatic rings. The molecule has 0 fully saturated rings. The molecular weight excluding hydrogens is 296 g/mol. The van der Waals surface area contributed by atoms with Gasteiger partial charge in [0.25, 0.3) is 5.91 Å². The molecule has 1 aromatic carbocycles. The summed E-state index contributed by atoms with van der Waals surface area (Å²) in [5, 5.41) is 9.65. The maximum Gasteiger partial charge on any atom is 0.327 e. The number of rotatable bonds is 5. The third-order valence-corrected chi connectivity index (χ3v) is 4.46. The van der Waals surface area contributed by atoms with Gasteiger partial charge in [0.2, 0.25) is 0 Å². The fourth-order valence-corrected chi connectivity index (χ4v) is 3.06. The molecule has 0 aromatic heterocycles. The average Bonchev–Trinajstić information content (AvgIpc) is 2.49. The third kappa shape index (κ3) is 2.73. The Morgan fingerprint density at radius 1 is 1.35 bits per heavy atom. The van der Waals surface area contributed by atoms with E-state index >= 15 is 0 Å². The lowest BCUT2D eigenvalue weighted by atomic mass is 9.90. The van der Waals surface area contributed by atoms with Crippen LogP contribution in [0, 0.1) is 5.92 Å². The number of fused-ring (bicyclic) bond motifs is 1. The number of nitrogens with zero attached hydrogens (tertiary/aromatic N) is 1. The quantitative estimate of drug-likeness (QED) is 0.814. The second-order valence-corrected chi connectivity index (χ2v) is 6.23. The van der Waals surface area contributed by atoms with Crippen LogP contribution in [0.4, 0.5) is 11.4 Å². The van der Waals surface area contributed by atoms with Crippen LogP contribution in [0.2, 0.25) is 0 Å². The van der Waals surface area contributed by atoms with Crippen LogP contribution < -0.4 is 15.4 Å². The molecule has 6 nitrogen and oxygen atoms in total. The fraction of sp³-hybridized carbons (Fsp3) is 0.529. The topological polar surface area (TPSA) is 92.9 Å². The van der Waals surface area contributed by atoms with Gasteiger partial charge in [-0.25, -0.2) is 4.79 Å². The van der Waals surface area contributed by atoms with Crippen LogP contribution in [0.5, 0.6) is 5.75 Å². The van der Waals surface area contributed by atoms with Crippen molar-refractivity contribution in [2.45, 2.75) is 52.2 Å². The lowest BCUT2D eigenvalue weighted by molar-refractivity contribution is -0.145. The number of hydrogen-bond donors (Lipinski definition) is 2. The number of ether oxygens (including phenoxy) is 1. The summed E-state index contributed by atoms with van der Waals surface area (Å²) in [6, 6.07) is 3.99. The molecule has 1 aliphatic rings. The average molecular weight is 320 g/mol. The number of carbonyl (C=O) groups is 2. The molecule has 0 saturated heterocycles. The van der Waals surface area contributed by atoms with Crippen molar-refractivity contribution in [1.29, 1.82) is 0 Å². The number of anilines is 2. The van der Waals surface area contributed by atoms with Gasteiger partial charge < -0.3 is 15.6 Å². The van der Waals surface area contributed by atoms with Gasteiger partial charge in [-0.05, 0) is 30.9 Å². The van der Waals surface area contributed by atoms with E-state index in [4.69, 9.17) is 10.5 Å². The van der Waals surface area contributed by atoms with Gasteiger partial charge in [-0.1, -0.05) is 27.7 Å². The van der Waals surface area contributed by atoms with Gasteiger partial charge >= 0.3 is 5.97 Å². The molecule has 0 aliphatic carbocycles. The largest absolute Gasteiger partial charge is 0.480 e. The molecule has 0 spiro atoms. The van der Waals surface area contributed by atoms with Crippen molar-refractivity contribution in [3.05, 3.63) is 18.2 Å². The summed E-state index contributed by atoms with van der Waals surface area (Å²) < 4.78 is 5.99. The highest BCUT2D eigenvalue weighted by molar-refractivity contribution is 6.06. The number of carboxylic acid groups (broad SMARTS) is 1. The van der Waals surface area contributed by atoms with E-state index in [2.05, 4.69) is 0 Å². The molecule has 23 heavy (non-hydrogen) atoms. The number of nitrogens with two attached hydrogens (primary N) is 1. The van der Waals surface area contributed by atoms with Crippen LogP contribution in [0.25, 0.3) is 0 Å². The van der Waals surface area contributed by atoms with Crippen molar-refractivity contribution in [3.8, 4) is 5.75 Å². The van der Waals surface area contributed by atoms with Crippen molar-refractivity contribution in [3.63, 3.8) is 0 Å². The molecule has 1 atom stereocenters. The molecule has 0 radical (unpaired) electrons. The summed E-state index contributed by atoms with van der Waals surface area (Å²) in [5.41, 5.74) is 5.75. The second-order valence-electron chi connectivity index (χ2n) is 6.23. The third-order valence-electron chi connectivity index (χ3n) is 4.46. The van der Waals surface area contributed by atoms with Gasteiger partial charge in [0.05, 0.1) is 5.69 Å². The smallest absolute Gasteiger partial charge is 0.327 e. The van der Waals surface area contributed by atoms with Crippen molar-refractivity contribution in [1.82, 2.24) is 0 Å². The van der Waals surface area contributed by atoms with E-state index < -0.39 is 17.6 Å². The molecule has 2 rings (SSSR count). The second kappa shape index (κ2) is 6.10. The standard InChI is InChI=1S/C17H24N2O4/c1-5-17(6-2)16(22)19(14(10(3)4)15(20)21)12-8-7-11(18)9-13(12)23-17/h7-10,14H,5-6,18H2,1-4H3,(H,20,21). The summed E-state index contributed by atoms with van der Waals surface area (Å²) in [6.45, 7) is 7.31. The first-order valence-corrected chi connectivity index (χ1v) is 7.92. The van der Waals surface area contributed by atoms with Gasteiger partial charge in [0, 0.05) is 11.8 Å². The summed E-state index contributed by atoms with van der Waals surface area (Å²) in [5.74, 6) is -1.12. The van der Waals surface area contributed by atoms with Crippen LogP contribution in [0.1, 0.15) is 40.5 Å². The Morgan fingerprint density at radius 2 is 1.96 bits per heavy atom. The highest BCUT2D eigenvalue weighted by Gasteiger charge is 2.50.